The van der Waals surface area contributed by atoms with Gasteiger partial charge in [0.2, 0.25) is 0 Å². The normalized spacial score (nSPS) is 19.7. The average molecular weight is 289 g/mol. The third-order valence-corrected chi connectivity index (χ3v) is 4.19. The highest BCUT2D eigenvalue weighted by Gasteiger charge is 2.31. The maximum absolute atomic E-state index is 11.4. The molecule has 1 aliphatic heterocycles. The van der Waals surface area contributed by atoms with Gasteiger partial charge >= 0.3 is 5.97 Å². The highest BCUT2D eigenvalue weighted by atomic mass is 16.4. The summed E-state index contributed by atoms with van der Waals surface area (Å²) in [5.74, 6) is -0.251. The van der Waals surface area contributed by atoms with Crippen LogP contribution in [0.25, 0.3) is 5.52 Å². The minimum absolute atomic E-state index is 0.00361. The summed E-state index contributed by atoms with van der Waals surface area (Å²) in [5, 5.41) is 19.4. The Morgan fingerprint density at radius 3 is 2.81 bits per heavy atom. The van der Waals surface area contributed by atoms with Crippen LogP contribution in [-0.2, 0) is 0 Å². The number of carbonyl (C=O) groups is 1. The number of hydrogen-bond acceptors (Lipinski definition) is 4. The molecule has 21 heavy (non-hydrogen) atoms. The smallest absolute Gasteiger partial charge is 0.356 e. The van der Waals surface area contributed by atoms with Crippen LogP contribution in [0.15, 0.2) is 18.2 Å². The molecule has 1 atom stereocenters. The number of imidazole rings is 1. The Labute approximate surface area is 122 Å². The number of rotatable bonds is 3. The molecule has 0 saturated carbocycles. The van der Waals surface area contributed by atoms with Crippen molar-refractivity contribution in [3.05, 3.63) is 29.7 Å². The van der Waals surface area contributed by atoms with E-state index >= 15 is 0 Å². The fourth-order valence-electron chi connectivity index (χ4n) is 3.04. The van der Waals surface area contributed by atoms with E-state index in [2.05, 4.69) is 23.7 Å². The fourth-order valence-corrected chi connectivity index (χ4v) is 3.04. The molecule has 1 aliphatic rings. The summed E-state index contributed by atoms with van der Waals surface area (Å²) in [7, 11) is 0. The number of fused-ring (bicyclic) bond motifs is 1. The molecule has 6 heteroatoms. The Hall–Kier alpha value is -2.08. The molecule has 1 unspecified atom stereocenters. The Morgan fingerprint density at radius 1 is 1.43 bits per heavy atom. The Balaban J connectivity index is 2.09. The van der Waals surface area contributed by atoms with E-state index in [4.69, 9.17) is 0 Å². The third kappa shape index (κ3) is 2.25. The predicted octanol–water partition coefficient (Wildman–Crippen LogP) is 1.94. The number of aromatic hydroxyl groups is 1. The number of nitrogens with zero attached hydrogens (tertiary/aromatic N) is 3. The van der Waals surface area contributed by atoms with E-state index in [0.29, 0.717) is 17.4 Å². The molecule has 0 aromatic carbocycles. The van der Waals surface area contributed by atoms with Gasteiger partial charge in [0.15, 0.2) is 11.6 Å². The minimum Gasteiger partial charge on any atom is -0.494 e. The van der Waals surface area contributed by atoms with Gasteiger partial charge in [0.05, 0.1) is 5.52 Å². The SMILES string of the molecule is CC(C)N1CCC(c2nc(C(=O)O)c3cccc(O)n23)C1. The molecule has 1 saturated heterocycles. The van der Waals surface area contributed by atoms with Crippen molar-refractivity contribution in [2.24, 2.45) is 0 Å². The molecule has 2 aromatic rings. The van der Waals surface area contributed by atoms with Crippen LogP contribution in [0.2, 0.25) is 0 Å². The Morgan fingerprint density at radius 2 is 2.19 bits per heavy atom. The van der Waals surface area contributed by atoms with Crippen molar-refractivity contribution in [3.8, 4) is 5.88 Å². The fraction of sp³-hybridized carbons (Fsp3) is 0.467. The zero-order valence-corrected chi connectivity index (χ0v) is 12.2. The van der Waals surface area contributed by atoms with Crippen LogP contribution in [0.5, 0.6) is 5.88 Å². The number of carboxylic acid groups (broad SMARTS) is 1. The zero-order valence-electron chi connectivity index (χ0n) is 12.2. The van der Waals surface area contributed by atoms with Crippen molar-refractivity contribution >= 4 is 11.5 Å². The summed E-state index contributed by atoms with van der Waals surface area (Å²) >= 11 is 0. The van der Waals surface area contributed by atoms with Crippen LogP contribution in [0.1, 0.15) is 42.5 Å². The molecule has 0 bridgehead atoms. The molecule has 0 aliphatic carbocycles. The first-order chi connectivity index (χ1) is 9.99. The second-order valence-electron chi connectivity index (χ2n) is 5.80. The zero-order chi connectivity index (χ0) is 15.1. The molecular weight excluding hydrogens is 270 g/mol. The van der Waals surface area contributed by atoms with Crippen LogP contribution in [0, 0.1) is 0 Å². The van der Waals surface area contributed by atoms with Gasteiger partial charge in [0, 0.05) is 18.5 Å². The lowest BCUT2D eigenvalue weighted by Crippen LogP contribution is -2.28. The van der Waals surface area contributed by atoms with Gasteiger partial charge < -0.3 is 15.1 Å². The Kier molecular flexibility index (Phi) is 3.33. The predicted molar refractivity (Wildman–Crippen MR) is 77.9 cm³/mol. The molecule has 3 rings (SSSR count). The van der Waals surface area contributed by atoms with Crippen molar-refractivity contribution in [2.75, 3.05) is 13.1 Å². The highest BCUT2D eigenvalue weighted by Crippen LogP contribution is 2.31. The average Bonchev–Trinajstić information content (AvgIpc) is 3.03. The van der Waals surface area contributed by atoms with Gasteiger partial charge in [-0.25, -0.2) is 9.78 Å². The van der Waals surface area contributed by atoms with Gasteiger partial charge in [-0.1, -0.05) is 6.07 Å². The summed E-state index contributed by atoms with van der Waals surface area (Å²) in [6, 6.07) is 5.32. The lowest BCUT2D eigenvalue weighted by atomic mass is 10.1. The van der Waals surface area contributed by atoms with Crippen LogP contribution < -0.4 is 0 Å². The lowest BCUT2D eigenvalue weighted by molar-refractivity contribution is 0.0693. The minimum atomic E-state index is -1.07. The quantitative estimate of drug-likeness (QED) is 0.902. The maximum atomic E-state index is 11.4. The molecule has 0 amide bonds. The van der Waals surface area contributed by atoms with Gasteiger partial charge in [-0.3, -0.25) is 4.40 Å². The number of aromatic nitrogens is 2. The van der Waals surface area contributed by atoms with Gasteiger partial charge in [-0.2, -0.15) is 0 Å². The van der Waals surface area contributed by atoms with Crippen LogP contribution >= 0.6 is 0 Å². The summed E-state index contributed by atoms with van der Waals surface area (Å²) in [5.41, 5.74) is 0.449. The van der Waals surface area contributed by atoms with Crippen LogP contribution in [-0.4, -0.2) is 49.6 Å². The molecular formula is C15H19N3O3. The topological polar surface area (TPSA) is 78.1 Å². The third-order valence-electron chi connectivity index (χ3n) is 4.19. The molecule has 0 spiro atoms. The maximum Gasteiger partial charge on any atom is 0.356 e. The van der Waals surface area contributed by atoms with Gasteiger partial charge in [0.1, 0.15) is 5.82 Å². The molecule has 0 radical (unpaired) electrons. The molecule has 1 fully saturated rings. The van der Waals surface area contributed by atoms with E-state index in [0.717, 1.165) is 19.5 Å². The van der Waals surface area contributed by atoms with E-state index in [1.807, 2.05) is 0 Å². The lowest BCUT2D eigenvalue weighted by Gasteiger charge is -2.20. The van der Waals surface area contributed by atoms with Crippen molar-refractivity contribution in [2.45, 2.75) is 32.2 Å². The molecule has 2 N–H and O–H groups in total. The van der Waals surface area contributed by atoms with E-state index in [-0.39, 0.29) is 17.5 Å². The number of hydrogen-bond donors (Lipinski definition) is 2. The van der Waals surface area contributed by atoms with Gasteiger partial charge in [0.25, 0.3) is 0 Å². The van der Waals surface area contributed by atoms with E-state index < -0.39 is 5.97 Å². The van der Waals surface area contributed by atoms with Crippen LogP contribution in [0.4, 0.5) is 0 Å². The second-order valence-corrected chi connectivity index (χ2v) is 5.80. The molecule has 3 heterocycles. The summed E-state index contributed by atoms with van der Waals surface area (Å²) in [4.78, 5) is 18.0. The monoisotopic (exact) mass is 289 g/mol. The number of pyridine rings is 1. The van der Waals surface area contributed by atoms with Gasteiger partial charge in [-0.05, 0) is 38.9 Å². The molecule has 112 valence electrons. The number of likely N-dealkylation sites (tertiary alicyclic amines) is 1. The first kappa shape index (κ1) is 13.9. The highest BCUT2D eigenvalue weighted by molar-refractivity contribution is 5.93. The van der Waals surface area contributed by atoms with E-state index in [1.165, 1.54) is 0 Å². The van der Waals surface area contributed by atoms with E-state index in [1.54, 1.807) is 22.6 Å². The van der Waals surface area contributed by atoms with E-state index in [9.17, 15) is 15.0 Å². The van der Waals surface area contributed by atoms with Crippen molar-refractivity contribution < 1.29 is 15.0 Å². The Bertz CT molecular complexity index is 693. The van der Waals surface area contributed by atoms with Crippen molar-refractivity contribution in [3.63, 3.8) is 0 Å². The number of carboxylic acids is 1. The van der Waals surface area contributed by atoms with Gasteiger partial charge in [-0.15, -0.1) is 0 Å². The second kappa shape index (κ2) is 5.04. The molecule has 6 nitrogen and oxygen atoms in total. The van der Waals surface area contributed by atoms with Crippen LogP contribution in [0.3, 0.4) is 0 Å². The first-order valence-corrected chi connectivity index (χ1v) is 7.16. The number of aromatic carboxylic acids is 1. The standard InChI is InChI=1S/C15H19N3O3/c1-9(2)17-7-6-10(8-17)14-16-13(15(20)21)11-4-3-5-12(19)18(11)14/h3-5,9-10,19H,6-8H2,1-2H3,(H,20,21). The summed E-state index contributed by atoms with van der Waals surface area (Å²) in [6.45, 7) is 6.09. The van der Waals surface area contributed by atoms with Crippen molar-refractivity contribution in [1.82, 2.24) is 14.3 Å². The van der Waals surface area contributed by atoms with Crippen molar-refractivity contribution in [1.29, 1.82) is 0 Å². The molecule has 2 aromatic heterocycles. The summed E-state index contributed by atoms with van der Waals surface area (Å²) < 4.78 is 1.57. The largest absolute Gasteiger partial charge is 0.494 e. The summed E-state index contributed by atoms with van der Waals surface area (Å²) in [6.07, 6.45) is 0.921. The first-order valence-electron chi connectivity index (χ1n) is 7.16.